The molecule has 0 aliphatic heterocycles. The summed E-state index contributed by atoms with van der Waals surface area (Å²) in [5, 5.41) is 8.27. The van der Waals surface area contributed by atoms with Crippen molar-refractivity contribution in [2.45, 2.75) is 13.0 Å². The van der Waals surface area contributed by atoms with Crippen LogP contribution in [0.5, 0.6) is 0 Å². The molecule has 0 aliphatic rings. The second-order valence-corrected chi connectivity index (χ2v) is 2.59. The maximum Gasteiger partial charge on any atom is 0.317 e. The monoisotopic (exact) mass is 195 g/mol. The number of aromatic nitrogens is 1. The number of hydrogen-bond donors (Lipinski definition) is 1. The highest BCUT2D eigenvalue weighted by Gasteiger charge is 2.08. The van der Waals surface area contributed by atoms with Crippen molar-refractivity contribution in [1.82, 2.24) is 4.98 Å². The molecule has 5 nitrogen and oxygen atoms in total. The standard InChI is InChI=1S/C9H9NO4/c11-8(12)4-9(13)14-6-7-2-1-3-10-5-7/h1-3,5H,4,6H2,(H,11,12). The van der Waals surface area contributed by atoms with Gasteiger partial charge in [0.25, 0.3) is 0 Å². The number of carbonyl (C=O) groups excluding carboxylic acids is 1. The van der Waals surface area contributed by atoms with Gasteiger partial charge in [0.05, 0.1) is 0 Å². The summed E-state index contributed by atoms with van der Waals surface area (Å²) in [6, 6.07) is 3.45. The van der Waals surface area contributed by atoms with E-state index in [9.17, 15) is 9.59 Å². The Balaban J connectivity index is 2.34. The molecule has 1 aromatic rings. The number of carboxylic acids is 1. The number of esters is 1. The SMILES string of the molecule is O=C(O)CC(=O)OCc1cccnc1. The lowest BCUT2D eigenvalue weighted by molar-refractivity contribution is -0.152. The van der Waals surface area contributed by atoms with E-state index in [0.29, 0.717) is 0 Å². The fraction of sp³-hybridized carbons (Fsp3) is 0.222. The van der Waals surface area contributed by atoms with Crippen LogP contribution in [-0.2, 0) is 20.9 Å². The van der Waals surface area contributed by atoms with Crippen LogP contribution in [0.25, 0.3) is 0 Å². The van der Waals surface area contributed by atoms with Gasteiger partial charge >= 0.3 is 11.9 Å². The fourth-order valence-electron chi connectivity index (χ4n) is 0.822. The number of hydrogen-bond acceptors (Lipinski definition) is 4. The molecule has 0 unspecified atom stereocenters. The molecule has 0 amide bonds. The summed E-state index contributed by atoms with van der Waals surface area (Å²) in [6.45, 7) is 0.0555. The van der Waals surface area contributed by atoms with Crippen molar-refractivity contribution < 1.29 is 19.4 Å². The van der Waals surface area contributed by atoms with Gasteiger partial charge < -0.3 is 9.84 Å². The van der Waals surface area contributed by atoms with Crippen LogP contribution in [0, 0.1) is 0 Å². The average molecular weight is 195 g/mol. The molecular weight excluding hydrogens is 186 g/mol. The topological polar surface area (TPSA) is 76.5 Å². The van der Waals surface area contributed by atoms with Crippen molar-refractivity contribution in [3.63, 3.8) is 0 Å². The zero-order valence-corrected chi connectivity index (χ0v) is 7.34. The van der Waals surface area contributed by atoms with Crippen LogP contribution in [0.2, 0.25) is 0 Å². The van der Waals surface area contributed by atoms with Crippen LogP contribution in [0.4, 0.5) is 0 Å². The third-order valence-electron chi connectivity index (χ3n) is 1.42. The van der Waals surface area contributed by atoms with Gasteiger partial charge in [-0.05, 0) is 6.07 Å². The molecule has 1 aromatic heterocycles. The van der Waals surface area contributed by atoms with Gasteiger partial charge in [0.15, 0.2) is 0 Å². The molecule has 5 heteroatoms. The quantitative estimate of drug-likeness (QED) is 0.562. The van der Waals surface area contributed by atoms with Crippen molar-refractivity contribution in [2.24, 2.45) is 0 Å². The summed E-state index contributed by atoms with van der Waals surface area (Å²) < 4.78 is 4.68. The van der Waals surface area contributed by atoms with E-state index in [1.54, 1.807) is 24.5 Å². The van der Waals surface area contributed by atoms with Crippen molar-refractivity contribution in [1.29, 1.82) is 0 Å². The van der Waals surface area contributed by atoms with Crippen molar-refractivity contribution in [3.05, 3.63) is 30.1 Å². The van der Waals surface area contributed by atoms with Gasteiger partial charge in [-0.3, -0.25) is 14.6 Å². The molecule has 1 rings (SSSR count). The van der Waals surface area contributed by atoms with Crippen LogP contribution < -0.4 is 0 Å². The molecule has 0 aromatic carbocycles. The molecule has 14 heavy (non-hydrogen) atoms. The lowest BCUT2D eigenvalue weighted by Gasteiger charge is -2.01. The Hall–Kier alpha value is -1.91. The van der Waals surface area contributed by atoms with E-state index in [0.717, 1.165) is 5.56 Å². The number of ether oxygens (including phenoxy) is 1. The van der Waals surface area contributed by atoms with Crippen molar-refractivity contribution >= 4 is 11.9 Å². The molecule has 0 saturated carbocycles. The smallest absolute Gasteiger partial charge is 0.317 e. The molecular formula is C9H9NO4. The summed E-state index contributed by atoms with van der Waals surface area (Å²) in [5.74, 6) is -1.94. The third kappa shape index (κ3) is 3.66. The van der Waals surface area contributed by atoms with E-state index in [-0.39, 0.29) is 6.61 Å². The molecule has 0 saturated heterocycles. The number of aliphatic carboxylic acids is 1. The summed E-state index contributed by atoms with van der Waals surface area (Å²) in [6.07, 6.45) is 2.54. The van der Waals surface area contributed by atoms with Gasteiger partial charge in [-0.1, -0.05) is 6.07 Å². The molecule has 74 valence electrons. The average Bonchev–Trinajstić information content (AvgIpc) is 2.15. The van der Waals surface area contributed by atoms with Crippen molar-refractivity contribution in [2.75, 3.05) is 0 Å². The first-order valence-electron chi connectivity index (χ1n) is 3.95. The Morgan fingerprint density at radius 3 is 2.86 bits per heavy atom. The second-order valence-electron chi connectivity index (χ2n) is 2.59. The zero-order valence-electron chi connectivity index (χ0n) is 7.34. The first-order valence-corrected chi connectivity index (χ1v) is 3.95. The van der Waals surface area contributed by atoms with Gasteiger partial charge in [-0.25, -0.2) is 0 Å². The van der Waals surface area contributed by atoms with Gasteiger partial charge in [0, 0.05) is 18.0 Å². The minimum Gasteiger partial charge on any atom is -0.481 e. The zero-order chi connectivity index (χ0) is 10.4. The maximum atomic E-state index is 10.8. The Labute approximate surface area is 80.3 Å². The molecule has 0 aliphatic carbocycles. The largest absolute Gasteiger partial charge is 0.481 e. The van der Waals surface area contributed by atoms with Gasteiger partial charge in [-0.15, -0.1) is 0 Å². The van der Waals surface area contributed by atoms with E-state index in [4.69, 9.17) is 5.11 Å². The van der Waals surface area contributed by atoms with E-state index in [1.807, 2.05) is 0 Å². The first-order chi connectivity index (χ1) is 6.68. The van der Waals surface area contributed by atoms with Gasteiger partial charge in [0.1, 0.15) is 13.0 Å². The van der Waals surface area contributed by atoms with E-state index >= 15 is 0 Å². The minimum absolute atomic E-state index is 0.0555. The Bertz CT molecular complexity index is 323. The van der Waals surface area contributed by atoms with Crippen molar-refractivity contribution in [3.8, 4) is 0 Å². The first kappa shape index (κ1) is 10.2. The number of nitrogens with zero attached hydrogens (tertiary/aromatic N) is 1. The predicted octanol–water partition coefficient (Wildman–Crippen LogP) is 0.599. The Morgan fingerprint density at radius 2 is 2.29 bits per heavy atom. The fourth-order valence-corrected chi connectivity index (χ4v) is 0.822. The molecule has 1 N–H and O–H groups in total. The minimum atomic E-state index is -1.19. The van der Waals surface area contributed by atoms with Crippen LogP contribution in [-0.4, -0.2) is 22.0 Å². The molecule has 0 bridgehead atoms. The summed E-state index contributed by atoms with van der Waals surface area (Å²) in [5.41, 5.74) is 0.728. The molecule has 0 radical (unpaired) electrons. The number of carboxylic acid groups (broad SMARTS) is 1. The predicted molar refractivity (Wildman–Crippen MR) is 46.3 cm³/mol. The Kier molecular flexibility index (Phi) is 3.60. The Morgan fingerprint density at radius 1 is 1.50 bits per heavy atom. The number of carbonyl (C=O) groups is 2. The lowest BCUT2D eigenvalue weighted by Crippen LogP contribution is -2.10. The van der Waals surface area contributed by atoms with Gasteiger partial charge in [-0.2, -0.15) is 0 Å². The van der Waals surface area contributed by atoms with E-state index < -0.39 is 18.4 Å². The van der Waals surface area contributed by atoms with Crippen LogP contribution >= 0.6 is 0 Å². The van der Waals surface area contributed by atoms with E-state index in [2.05, 4.69) is 9.72 Å². The molecule has 0 spiro atoms. The number of pyridine rings is 1. The highest BCUT2D eigenvalue weighted by Crippen LogP contribution is 1.99. The van der Waals surface area contributed by atoms with Crippen LogP contribution in [0.15, 0.2) is 24.5 Å². The summed E-state index contributed by atoms with van der Waals surface area (Å²) in [7, 11) is 0. The van der Waals surface area contributed by atoms with Crippen LogP contribution in [0.3, 0.4) is 0 Å². The normalized spacial score (nSPS) is 9.43. The van der Waals surface area contributed by atoms with Crippen LogP contribution in [0.1, 0.15) is 12.0 Å². The van der Waals surface area contributed by atoms with Gasteiger partial charge in [0.2, 0.25) is 0 Å². The lowest BCUT2D eigenvalue weighted by atomic mass is 10.3. The highest BCUT2D eigenvalue weighted by molar-refractivity contribution is 5.90. The summed E-state index contributed by atoms with van der Waals surface area (Å²) >= 11 is 0. The maximum absolute atomic E-state index is 10.8. The molecule has 1 heterocycles. The molecule has 0 fully saturated rings. The highest BCUT2D eigenvalue weighted by atomic mass is 16.5. The number of rotatable bonds is 4. The molecule has 0 atom stereocenters. The second kappa shape index (κ2) is 4.96. The summed E-state index contributed by atoms with van der Waals surface area (Å²) in [4.78, 5) is 24.7. The third-order valence-corrected chi connectivity index (χ3v) is 1.42. The van der Waals surface area contributed by atoms with E-state index in [1.165, 1.54) is 0 Å².